The number of hydrogen-bond acceptors (Lipinski definition) is 7. The number of thiazole rings is 1. The summed E-state index contributed by atoms with van der Waals surface area (Å²) >= 11 is 1.33. The maximum atomic E-state index is 13.7. The number of anilines is 1. The Kier molecular flexibility index (Phi) is 8.55. The Hall–Kier alpha value is -2.50. The van der Waals surface area contributed by atoms with Crippen LogP contribution in [0.4, 0.5) is 5.13 Å². The quantitative estimate of drug-likeness (QED) is 0.536. The number of benzene rings is 1. The second-order valence-electron chi connectivity index (χ2n) is 9.98. The van der Waals surface area contributed by atoms with E-state index >= 15 is 0 Å². The number of sulfonamides is 1. The molecule has 1 unspecified atom stereocenters. The third-order valence-electron chi connectivity index (χ3n) is 7.64. The van der Waals surface area contributed by atoms with E-state index in [1.165, 1.54) is 22.1 Å². The first-order valence-electron chi connectivity index (χ1n) is 12.8. The lowest BCUT2D eigenvalue weighted by molar-refractivity contribution is -0.142. The third-order valence-corrected chi connectivity index (χ3v) is 10.5. The number of ether oxygens (including phenoxy) is 1. The normalized spacial score (nSPS) is 18.6. The molecule has 1 aliphatic heterocycles. The van der Waals surface area contributed by atoms with Crippen molar-refractivity contribution in [2.45, 2.75) is 70.2 Å². The Morgan fingerprint density at radius 2 is 1.92 bits per heavy atom. The van der Waals surface area contributed by atoms with Crippen molar-refractivity contribution in [3.05, 3.63) is 34.3 Å². The van der Waals surface area contributed by atoms with E-state index in [9.17, 15) is 18.0 Å². The molecule has 1 aliphatic carbocycles. The van der Waals surface area contributed by atoms with E-state index in [-0.39, 0.29) is 36.3 Å². The molecule has 1 aromatic heterocycles. The highest BCUT2D eigenvalue weighted by Gasteiger charge is 2.40. The van der Waals surface area contributed by atoms with Crippen LogP contribution in [0.3, 0.4) is 0 Å². The summed E-state index contributed by atoms with van der Waals surface area (Å²) in [6, 6.07) is 1.06. The van der Waals surface area contributed by atoms with Gasteiger partial charge in [0.25, 0.3) is 0 Å². The summed E-state index contributed by atoms with van der Waals surface area (Å²) < 4.78 is 34.0. The molecule has 0 spiro atoms. The van der Waals surface area contributed by atoms with Gasteiger partial charge in [-0.3, -0.25) is 9.59 Å². The summed E-state index contributed by atoms with van der Waals surface area (Å²) in [5.41, 5.74) is 1.94. The highest BCUT2D eigenvalue weighted by Crippen LogP contribution is 2.34. The molecule has 37 heavy (non-hydrogen) atoms. The highest BCUT2D eigenvalue weighted by molar-refractivity contribution is 7.89. The number of carbonyl (C=O) groups excluding carboxylic acids is 2. The molecule has 9 nitrogen and oxygen atoms in total. The zero-order chi connectivity index (χ0) is 26.7. The van der Waals surface area contributed by atoms with Crippen LogP contribution in [0.2, 0.25) is 0 Å². The van der Waals surface area contributed by atoms with E-state index in [0.29, 0.717) is 34.3 Å². The zero-order valence-electron chi connectivity index (χ0n) is 22.0. The third kappa shape index (κ3) is 5.83. The van der Waals surface area contributed by atoms with Crippen molar-refractivity contribution < 1.29 is 22.7 Å². The van der Waals surface area contributed by atoms with Crippen molar-refractivity contribution in [3.63, 3.8) is 0 Å². The lowest BCUT2D eigenvalue weighted by Crippen LogP contribution is -2.58. The SMILES string of the molecule is COc1cc(C)c(S(=O)(=O)N2CCN(C(CC3CCCCC3)C(=O)Nc3nccs3)C(=O)C2)c(C)c1C. The minimum Gasteiger partial charge on any atom is -0.496 e. The van der Waals surface area contributed by atoms with Gasteiger partial charge in [0.15, 0.2) is 5.13 Å². The molecule has 2 heterocycles. The van der Waals surface area contributed by atoms with E-state index in [1.807, 2.05) is 6.92 Å². The van der Waals surface area contributed by atoms with Crippen molar-refractivity contribution in [2.75, 3.05) is 32.1 Å². The molecule has 1 aromatic carbocycles. The molecular formula is C26H36N4O5S2. The minimum atomic E-state index is -3.92. The van der Waals surface area contributed by atoms with Crippen LogP contribution in [0.15, 0.2) is 22.5 Å². The predicted molar refractivity (Wildman–Crippen MR) is 143 cm³/mol. The molecule has 2 amide bonds. The van der Waals surface area contributed by atoms with Crippen LogP contribution in [0.5, 0.6) is 5.75 Å². The van der Waals surface area contributed by atoms with E-state index in [2.05, 4.69) is 10.3 Å². The molecule has 1 N–H and O–H groups in total. The van der Waals surface area contributed by atoms with Gasteiger partial charge < -0.3 is 15.0 Å². The molecule has 4 rings (SSSR count). The van der Waals surface area contributed by atoms with Gasteiger partial charge in [0, 0.05) is 24.7 Å². The average Bonchev–Trinajstić information content (AvgIpc) is 3.38. The Labute approximate surface area is 223 Å². The highest BCUT2D eigenvalue weighted by atomic mass is 32.2. The molecule has 0 bridgehead atoms. The second-order valence-corrected chi connectivity index (χ2v) is 12.8. The largest absolute Gasteiger partial charge is 0.496 e. The van der Waals surface area contributed by atoms with Gasteiger partial charge in [-0.2, -0.15) is 4.31 Å². The van der Waals surface area contributed by atoms with Crippen LogP contribution in [-0.2, 0) is 19.6 Å². The van der Waals surface area contributed by atoms with Crippen LogP contribution in [0.25, 0.3) is 0 Å². The fourth-order valence-electron chi connectivity index (χ4n) is 5.55. The van der Waals surface area contributed by atoms with Crippen LogP contribution in [-0.4, -0.2) is 67.2 Å². The van der Waals surface area contributed by atoms with E-state index in [4.69, 9.17) is 4.74 Å². The predicted octanol–water partition coefficient (Wildman–Crippen LogP) is 3.89. The molecule has 2 fully saturated rings. The molecule has 11 heteroatoms. The number of rotatable bonds is 8. The number of amides is 2. The number of hydrogen-bond donors (Lipinski definition) is 1. The summed E-state index contributed by atoms with van der Waals surface area (Å²) in [5, 5.41) is 5.14. The maximum absolute atomic E-state index is 13.7. The van der Waals surface area contributed by atoms with Crippen LogP contribution in [0.1, 0.15) is 55.2 Å². The van der Waals surface area contributed by atoms with Gasteiger partial charge in [-0.15, -0.1) is 11.3 Å². The first kappa shape index (κ1) is 27.5. The van der Waals surface area contributed by atoms with Crippen LogP contribution >= 0.6 is 11.3 Å². The Morgan fingerprint density at radius 3 is 2.54 bits per heavy atom. The average molecular weight is 549 g/mol. The van der Waals surface area contributed by atoms with Gasteiger partial charge >= 0.3 is 0 Å². The van der Waals surface area contributed by atoms with Crippen molar-refractivity contribution in [3.8, 4) is 5.75 Å². The topological polar surface area (TPSA) is 109 Å². The Bertz CT molecular complexity index is 1240. The van der Waals surface area contributed by atoms with Gasteiger partial charge in [0.05, 0.1) is 18.6 Å². The van der Waals surface area contributed by atoms with Crippen molar-refractivity contribution in [1.29, 1.82) is 0 Å². The molecular weight excluding hydrogens is 512 g/mol. The minimum absolute atomic E-state index is 0.129. The number of methoxy groups -OCH3 is 1. The number of nitrogens with one attached hydrogen (secondary N) is 1. The van der Waals surface area contributed by atoms with Gasteiger partial charge in [-0.25, -0.2) is 13.4 Å². The number of aromatic nitrogens is 1. The zero-order valence-corrected chi connectivity index (χ0v) is 23.6. The standard InChI is InChI=1S/C26H36N4O5S2/c1-17-14-22(35-4)18(2)19(3)24(17)37(33,34)29-11-12-30(23(31)16-29)21(15-20-8-6-5-7-9-20)25(32)28-26-27-10-13-36-26/h10,13-14,20-21H,5-9,11-12,15-16H2,1-4H3,(H,27,28,32). The summed E-state index contributed by atoms with van der Waals surface area (Å²) in [4.78, 5) is 32.7. The van der Waals surface area contributed by atoms with Gasteiger partial charge in [-0.05, 0) is 55.9 Å². The molecule has 1 atom stereocenters. The fraction of sp³-hybridized carbons (Fsp3) is 0.577. The summed E-state index contributed by atoms with van der Waals surface area (Å²) in [6.07, 6.45) is 7.74. The Balaban J connectivity index is 1.55. The van der Waals surface area contributed by atoms with Crippen LogP contribution in [0, 0.1) is 26.7 Å². The first-order chi connectivity index (χ1) is 17.6. The number of aryl methyl sites for hydroxylation is 1. The van der Waals surface area contributed by atoms with Crippen molar-refractivity contribution >= 4 is 38.3 Å². The molecule has 1 saturated carbocycles. The van der Waals surface area contributed by atoms with E-state index < -0.39 is 16.1 Å². The van der Waals surface area contributed by atoms with Gasteiger partial charge in [0.2, 0.25) is 21.8 Å². The number of carbonyl (C=O) groups is 2. The fourth-order valence-corrected chi connectivity index (χ4v) is 7.95. The second kappa shape index (κ2) is 11.5. The molecule has 1 saturated heterocycles. The van der Waals surface area contributed by atoms with Gasteiger partial charge in [0.1, 0.15) is 11.8 Å². The van der Waals surface area contributed by atoms with Gasteiger partial charge in [-0.1, -0.05) is 32.1 Å². The first-order valence-corrected chi connectivity index (χ1v) is 15.1. The molecule has 2 aliphatic rings. The number of nitrogens with zero attached hydrogens (tertiary/aromatic N) is 3. The van der Waals surface area contributed by atoms with Crippen LogP contribution < -0.4 is 10.1 Å². The monoisotopic (exact) mass is 548 g/mol. The summed E-state index contributed by atoms with van der Waals surface area (Å²) in [5.74, 6) is 0.377. The van der Waals surface area contributed by atoms with Crippen molar-refractivity contribution in [2.24, 2.45) is 5.92 Å². The van der Waals surface area contributed by atoms with E-state index in [0.717, 1.165) is 31.2 Å². The molecule has 0 radical (unpaired) electrons. The number of piperazine rings is 1. The van der Waals surface area contributed by atoms with Crippen molar-refractivity contribution in [1.82, 2.24) is 14.2 Å². The van der Waals surface area contributed by atoms with E-state index in [1.54, 1.807) is 43.5 Å². The smallest absolute Gasteiger partial charge is 0.248 e. The molecule has 2 aromatic rings. The summed E-state index contributed by atoms with van der Waals surface area (Å²) in [6.45, 7) is 5.32. The lowest BCUT2D eigenvalue weighted by atomic mass is 9.84. The summed E-state index contributed by atoms with van der Waals surface area (Å²) in [7, 11) is -2.36. The maximum Gasteiger partial charge on any atom is 0.248 e. The lowest BCUT2D eigenvalue weighted by Gasteiger charge is -2.39. The molecule has 202 valence electrons. The Morgan fingerprint density at radius 1 is 1.19 bits per heavy atom.